The topological polar surface area (TPSA) is 76.2 Å². The van der Waals surface area contributed by atoms with E-state index in [4.69, 9.17) is 17.3 Å². The first kappa shape index (κ1) is 10.4. The minimum absolute atomic E-state index is 0.203. The highest BCUT2D eigenvalue weighted by Gasteiger charge is 2.08. The molecule has 5 nitrogen and oxygen atoms in total. The number of hydrogen-bond acceptors (Lipinski definition) is 4. The third-order valence-electron chi connectivity index (χ3n) is 2.30. The van der Waals surface area contributed by atoms with E-state index in [9.17, 15) is 4.79 Å². The molecule has 0 saturated heterocycles. The standard InChI is InChI=1S/C10H7ClN4OS/c11-7-2-1-6(17-7)5-3-10(16)15-9(13-5)4-8(12)14-15/h1-4,14H,12H2. The molecule has 86 valence electrons. The fourth-order valence-corrected chi connectivity index (χ4v) is 2.59. The van der Waals surface area contributed by atoms with Gasteiger partial charge in [0.1, 0.15) is 5.82 Å². The van der Waals surface area contributed by atoms with E-state index in [1.54, 1.807) is 12.1 Å². The zero-order valence-corrected chi connectivity index (χ0v) is 10.0. The summed E-state index contributed by atoms with van der Waals surface area (Å²) in [6, 6.07) is 6.67. The van der Waals surface area contributed by atoms with Crippen LogP contribution in [0.25, 0.3) is 16.2 Å². The second kappa shape index (κ2) is 3.61. The lowest BCUT2D eigenvalue weighted by molar-refractivity contribution is 0.907. The Balaban J connectivity index is 2.28. The summed E-state index contributed by atoms with van der Waals surface area (Å²) in [5, 5.41) is 2.71. The molecule has 0 bridgehead atoms. The molecule has 3 rings (SSSR count). The Morgan fingerprint density at radius 1 is 1.41 bits per heavy atom. The van der Waals surface area contributed by atoms with Crippen LogP contribution in [0.2, 0.25) is 4.34 Å². The van der Waals surface area contributed by atoms with E-state index < -0.39 is 0 Å². The number of hydrogen-bond donors (Lipinski definition) is 2. The largest absolute Gasteiger partial charge is 0.384 e. The average molecular weight is 267 g/mol. The van der Waals surface area contributed by atoms with E-state index in [0.717, 1.165) is 4.88 Å². The number of nitrogen functional groups attached to an aromatic ring is 1. The zero-order valence-electron chi connectivity index (χ0n) is 8.48. The molecule has 0 atom stereocenters. The lowest BCUT2D eigenvalue weighted by Crippen LogP contribution is -2.14. The summed E-state index contributed by atoms with van der Waals surface area (Å²) in [5.74, 6) is 0.399. The first-order valence-corrected chi connectivity index (χ1v) is 5.97. The number of nitrogens with zero attached hydrogens (tertiary/aromatic N) is 2. The number of aromatic nitrogens is 3. The Bertz CT molecular complexity index is 757. The molecule has 0 aliphatic rings. The summed E-state index contributed by atoms with van der Waals surface area (Å²) < 4.78 is 1.96. The number of fused-ring (bicyclic) bond motifs is 1. The van der Waals surface area contributed by atoms with Gasteiger partial charge in [-0.05, 0) is 12.1 Å². The number of nitrogens with two attached hydrogens (primary N) is 1. The van der Waals surface area contributed by atoms with Gasteiger partial charge in [0, 0.05) is 12.1 Å². The van der Waals surface area contributed by atoms with Crippen molar-refractivity contribution in [2.24, 2.45) is 0 Å². The van der Waals surface area contributed by atoms with Crippen LogP contribution in [0.1, 0.15) is 0 Å². The summed E-state index contributed by atoms with van der Waals surface area (Å²) in [7, 11) is 0. The van der Waals surface area contributed by atoms with Crippen LogP contribution >= 0.6 is 22.9 Å². The molecule has 0 unspecified atom stereocenters. The van der Waals surface area contributed by atoms with E-state index in [1.807, 2.05) is 6.07 Å². The van der Waals surface area contributed by atoms with Gasteiger partial charge in [-0.2, -0.15) is 4.52 Å². The van der Waals surface area contributed by atoms with Crippen molar-refractivity contribution in [3.8, 4) is 10.6 Å². The molecule has 0 spiro atoms. The van der Waals surface area contributed by atoms with Crippen LogP contribution < -0.4 is 11.3 Å². The van der Waals surface area contributed by atoms with Crippen molar-refractivity contribution in [1.29, 1.82) is 0 Å². The molecule has 0 aliphatic heterocycles. The molecule has 0 aliphatic carbocycles. The van der Waals surface area contributed by atoms with Crippen LogP contribution in [0, 0.1) is 0 Å². The Morgan fingerprint density at radius 2 is 2.24 bits per heavy atom. The Hall–Kier alpha value is -1.79. The average Bonchev–Trinajstić information content (AvgIpc) is 2.83. The molecule has 0 aromatic carbocycles. The number of thiophene rings is 1. The summed E-state index contributed by atoms with van der Waals surface area (Å²) in [6.07, 6.45) is 0. The number of H-pyrrole nitrogens is 1. The number of anilines is 1. The molecule has 0 saturated carbocycles. The molecule has 0 fully saturated rings. The van der Waals surface area contributed by atoms with Gasteiger partial charge in [-0.25, -0.2) is 4.98 Å². The normalized spacial score (nSPS) is 11.1. The van der Waals surface area contributed by atoms with Crippen LogP contribution in [-0.2, 0) is 0 Å². The third kappa shape index (κ3) is 1.71. The van der Waals surface area contributed by atoms with E-state index in [0.29, 0.717) is 21.5 Å². The highest BCUT2D eigenvalue weighted by atomic mass is 35.5. The minimum Gasteiger partial charge on any atom is -0.384 e. The predicted molar refractivity (Wildman–Crippen MR) is 68.5 cm³/mol. The monoisotopic (exact) mass is 266 g/mol. The molecule has 17 heavy (non-hydrogen) atoms. The van der Waals surface area contributed by atoms with Crippen LogP contribution in [0.3, 0.4) is 0 Å². The quantitative estimate of drug-likeness (QED) is 0.707. The lowest BCUT2D eigenvalue weighted by atomic mass is 10.3. The maximum atomic E-state index is 11.8. The van der Waals surface area contributed by atoms with Gasteiger partial charge in [-0.15, -0.1) is 11.3 Å². The maximum Gasteiger partial charge on any atom is 0.273 e. The van der Waals surface area contributed by atoms with E-state index in [-0.39, 0.29) is 5.56 Å². The summed E-state index contributed by atoms with van der Waals surface area (Å²) in [6.45, 7) is 0. The van der Waals surface area contributed by atoms with Gasteiger partial charge >= 0.3 is 0 Å². The van der Waals surface area contributed by atoms with E-state index in [2.05, 4.69) is 10.1 Å². The van der Waals surface area contributed by atoms with Crippen LogP contribution in [0.4, 0.5) is 5.82 Å². The van der Waals surface area contributed by atoms with Crippen molar-refractivity contribution in [2.75, 3.05) is 5.73 Å². The van der Waals surface area contributed by atoms with Crippen molar-refractivity contribution in [2.45, 2.75) is 0 Å². The van der Waals surface area contributed by atoms with Crippen molar-refractivity contribution >= 4 is 34.4 Å². The summed E-state index contributed by atoms with van der Waals surface area (Å²) in [4.78, 5) is 17.0. The Morgan fingerprint density at radius 3 is 2.94 bits per heavy atom. The fraction of sp³-hybridized carbons (Fsp3) is 0. The van der Waals surface area contributed by atoms with Gasteiger partial charge < -0.3 is 5.73 Å². The molecule has 0 amide bonds. The number of halogens is 1. The molecular formula is C10H7ClN4OS. The predicted octanol–water partition coefficient (Wildman–Crippen LogP) is 1.99. The van der Waals surface area contributed by atoms with Gasteiger partial charge in [0.2, 0.25) is 0 Å². The first-order valence-electron chi connectivity index (χ1n) is 4.77. The van der Waals surface area contributed by atoms with Crippen LogP contribution in [-0.4, -0.2) is 14.6 Å². The van der Waals surface area contributed by atoms with Crippen molar-refractivity contribution in [3.05, 3.63) is 39.0 Å². The molecule has 3 heterocycles. The SMILES string of the molecule is Nc1cc2nc(-c3ccc(Cl)s3)cc(=O)n2[nH]1. The Labute approximate surface area is 104 Å². The number of rotatable bonds is 1. The zero-order chi connectivity index (χ0) is 12.0. The third-order valence-corrected chi connectivity index (χ3v) is 3.55. The Kier molecular flexibility index (Phi) is 2.20. The molecule has 3 N–H and O–H groups in total. The molecule has 7 heteroatoms. The number of nitrogens with one attached hydrogen (secondary N) is 1. The van der Waals surface area contributed by atoms with Crippen molar-refractivity contribution in [1.82, 2.24) is 14.6 Å². The van der Waals surface area contributed by atoms with Crippen molar-refractivity contribution < 1.29 is 0 Å². The lowest BCUT2D eigenvalue weighted by Gasteiger charge is -1.96. The van der Waals surface area contributed by atoms with Crippen LogP contribution in [0.5, 0.6) is 0 Å². The maximum absolute atomic E-state index is 11.8. The molecule has 3 aromatic heterocycles. The summed E-state index contributed by atoms with van der Waals surface area (Å²) in [5.41, 5.74) is 6.47. The van der Waals surface area contributed by atoms with Gasteiger partial charge in [0.15, 0.2) is 5.65 Å². The second-order valence-electron chi connectivity index (χ2n) is 3.49. The molecule has 3 aromatic rings. The molecule has 0 radical (unpaired) electrons. The highest BCUT2D eigenvalue weighted by Crippen LogP contribution is 2.29. The van der Waals surface area contributed by atoms with Crippen molar-refractivity contribution in [3.63, 3.8) is 0 Å². The van der Waals surface area contributed by atoms with Gasteiger partial charge in [-0.3, -0.25) is 9.89 Å². The summed E-state index contributed by atoms with van der Waals surface area (Å²) >= 11 is 7.23. The minimum atomic E-state index is -0.203. The van der Waals surface area contributed by atoms with Gasteiger partial charge in [0.05, 0.1) is 14.9 Å². The number of aromatic amines is 1. The van der Waals surface area contributed by atoms with E-state index in [1.165, 1.54) is 21.9 Å². The fourth-order valence-electron chi connectivity index (χ4n) is 1.59. The molecular weight excluding hydrogens is 260 g/mol. The highest BCUT2D eigenvalue weighted by molar-refractivity contribution is 7.19. The smallest absolute Gasteiger partial charge is 0.273 e. The van der Waals surface area contributed by atoms with Gasteiger partial charge in [-0.1, -0.05) is 11.6 Å². The van der Waals surface area contributed by atoms with Gasteiger partial charge in [0.25, 0.3) is 5.56 Å². The second-order valence-corrected chi connectivity index (χ2v) is 5.20. The van der Waals surface area contributed by atoms with E-state index >= 15 is 0 Å². The van der Waals surface area contributed by atoms with Crippen LogP contribution in [0.15, 0.2) is 29.1 Å². The first-order chi connectivity index (χ1) is 8.13.